The van der Waals surface area contributed by atoms with Crippen molar-refractivity contribution in [1.82, 2.24) is 4.90 Å². The third kappa shape index (κ3) is 5.20. The van der Waals surface area contributed by atoms with Crippen LogP contribution >= 0.6 is 11.6 Å². The van der Waals surface area contributed by atoms with Gasteiger partial charge in [0.2, 0.25) is 0 Å². The van der Waals surface area contributed by atoms with Gasteiger partial charge in [0, 0.05) is 24.3 Å². The van der Waals surface area contributed by atoms with Crippen LogP contribution in [0.25, 0.3) is 0 Å². The highest BCUT2D eigenvalue weighted by Gasteiger charge is 2.16. The number of hydrogen-bond donors (Lipinski definition) is 1. The molecule has 1 amide bonds. The molecule has 0 aromatic heterocycles. The first-order valence-corrected chi connectivity index (χ1v) is 7.16. The number of hydrogen-bond acceptors (Lipinski definition) is 4. The van der Waals surface area contributed by atoms with E-state index in [1.807, 2.05) is 6.07 Å². The van der Waals surface area contributed by atoms with E-state index >= 15 is 0 Å². The van der Waals surface area contributed by atoms with Crippen LogP contribution in [0.15, 0.2) is 55.3 Å². The van der Waals surface area contributed by atoms with Crippen molar-refractivity contribution in [2.75, 3.05) is 25.5 Å². The Morgan fingerprint density at radius 3 is 2.61 bits per heavy atom. The summed E-state index contributed by atoms with van der Waals surface area (Å²) in [6.07, 6.45) is 4.50. The predicted octanol–water partition coefficient (Wildman–Crippen LogP) is 3.37. The molecule has 0 aliphatic carbocycles. The maximum atomic E-state index is 12.3. The average Bonchev–Trinajstić information content (AvgIpc) is 2.55. The molecular weight excluding hydrogens is 314 g/mol. The summed E-state index contributed by atoms with van der Waals surface area (Å²) in [5, 5.41) is 12.6. The first-order valence-electron chi connectivity index (χ1n) is 6.78. The van der Waals surface area contributed by atoms with Crippen molar-refractivity contribution in [3.05, 3.63) is 60.3 Å². The maximum absolute atomic E-state index is 12.3. The highest BCUT2D eigenvalue weighted by atomic mass is 35.5. The van der Waals surface area contributed by atoms with Gasteiger partial charge in [0.25, 0.3) is 5.91 Å². The Kier molecular flexibility index (Phi) is 7.44. The van der Waals surface area contributed by atoms with E-state index < -0.39 is 5.91 Å². The molecule has 0 bridgehead atoms. The molecule has 5 nitrogen and oxygen atoms in total. The van der Waals surface area contributed by atoms with Crippen molar-refractivity contribution in [1.29, 1.82) is 5.26 Å². The fraction of sp³-hybridized carbons (Fsp3) is 0.176. The minimum Gasteiger partial charge on any atom is -0.495 e. The molecule has 0 unspecified atom stereocenters. The fourth-order valence-corrected chi connectivity index (χ4v) is 1.98. The first kappa shape index (κ1) is 18.3. The number of benzene rings is 1. The smallest absolute Gasteiger partial charge is 0.266 e. The van der Waals surface area contributed by atoms with E-state index in [-0.39, 0.29) is 5.57 Å². The largest absolute Gasteiger partial charge is 0.495 e. The van der Waals surface area contributed by atoms with Crippen molar-refractivity contribution in [2.45, 2.75) is 0 Å². The number of halogens is 1. The van der Waals surface area contributed by atoms with Crippen molar-refractivity contribution in [3.63, 3.8) is 0 Å². The van der Waals surface area contributed by atoms with Crippen molar-refractivity contribution in [2.24, 2.45) is 0 Å². The number of methoxy groups -OCH3 is 1. The fourth-order valence-electron chi connectivity index (χ4n) is 1.81. The van der Waals surface area contributed by atoms with E-state index in [9.17, 15) is 10.1 Å². The van der Waals surface area contributed by atoms with Gasteiger partial charge in [-0.3, -0.25) is 4.79 Å². The molecule has 6 heteroatoms. The number of ether oxygens (including phenoxy) is 1. The summed E-state index contributed by atoms with van der Waals surface area (Å²) in [7, 11) is 1.52. The monoisotopic (exact) mass is 331 g/mol. The zero-order chi connectivity index (χ0) is 17.2. The Morgan fingerprint density at radius 1 is 1.43 bits per heavy atom. The lowest BCUT2D eigenvalue weighted by Crippen LogP contribution is -2.32. The molecule has 0 saturated carbocycles. The van der Waals surface area contributed by atoms with Crippen LogP contribution in [-0.2, 0) is 4.79 Å². The van der Waals surface area contributed by atoms with Gasteiger partial charge < -0.3 is 15.0 Å². The van der Waals surface area contributed by atoms with Gasteiger partial charge in [-0.05, 0) is 18.2 Å². The highest BCUT2D eigenvalue weighted by molar-refractivity contribution is 6.30. The lowest BCUT2D eigenvalue weighted by molar-refractivity contribution is -0.125. The van der Waals surface area contributed by atoms with Crippen LogP contribution in [0.2, 0.25) is 5.02 Å². The molecule has 1 aromatic rings. The Bertz CT molecular complexity index is 652. The van der Waals surface area contributed by atoms with Crippen LogP contribution in [0.3, 0.4) is 0 Å². The van der Waals surface area contributed by atoms with E-state index in [4.69, 9.17) is 16.3 Å². The van der Waals surface area contributed by atoms with Gasteiger partial charge in [-0.15, -0.1) is 13.2 Å². The van der Waals surface area contributed by atoms with E-state index in [0.717, 1.165) is 0 Å². The van der Waals surface area contributed by atoms with Gasteiger partial charge in [-0.1, -0.05) is 23.8 Å². The summed E-state index contributed by atoms with van der Waals surface area (Å²) in [4.78, 5) is 13.8. The average molecular weight is 332 g/mol. The summed E-state index contributed by atoms with van der Waals surface area (Å²) in [5.41, 5.74) is 0.510. The second-order valence-electron chi connectivity index (χ2n) is 4.45. The summed E-state index contributed by atoms with van der Waals surface area (Å²) < 4.78 is 5.20. The minimum atomic E-state index is -0.416. The number of nitrogens with zero attached hydrogens (tertiary/aromatic N) is 2. The van der Waals surface area contributed by atoms with Crippen LogP contribution in [0.1, 0.15) is 0 Å². The Labute approximate surface area is 141 Å². The molecule has 0 fully saturated rings. The molecule has 120 valence electrons. The third-order valence-electron chi connectivity index (χ3n) is 2.87. The second kappa shape index (κ2) is 9.34. The third-order valence-corrected chi connectivity index (χ3v) is 3.11. The Morgan fingerprint density at radius 2 is 2.09 bits per heavy atom. The Balaban J connectivity index is 3.01. The molecular formula is C17H18ClN3O2. The van der Waals surface area contributed by atoms with E-state index in [1.54, 1.807) is 30.4 Å². The van der Waals surface area contributed by atoms with Gasteiger partial charge in [-0.2, -0.15) is 5.26 Å². The molecule has 0 atom stereocenters. The zero-order valence-electron chi connectivity index (χ0n) is 12.9. The molecule has 0 heterocycles. The van der Waals surface area contributed by atoms with Gasteiger partial charge in [0.15, 0.2) is 0 Å². The second-order valence-corrected chi connectivity index (χ2v) is 4.88. The number of anilines is 1. The molecule has 0 radical (unpaired) electrons. The van der Waals surface area contributed by atoms with Crippen LogP contribution in [0, 0.1) is 11.3 Å². The number of rotatable bonds is 8. The maximum Gasteiger partial charge on any atom is 0.266 e. The SMILES string of the molecule is C=CCN(CC=C)C(=O)/C(C#N)=C\Nc1cc(Cl)ccc1OC. The summed E-state index contributed by atoms with van der Waals surface area (Å²) in [6, 6.07) is 6.90. The normalized spacial score (nSPS) is 10.4. The van der Waals surface area contributed by atoms with Crippen LogP contribution in [-0.4, -0.2) is 31.0 Å². The van der Waals surface area contributed by atoms with Crippen molar-refractivity contribution in [3.8, 4) is 11.8 Å². The number of nitriles is 1. The lowest BCUT2D eigenvalue weighted by atomic mass is 10.2. The molecule has 0 aliphatic rings. The lowest BCUT2D eigenvalue weighted by Gasteiger charge is -2.18. The Hall–Kier alpha value is -2.71. The number of carbonyl (C=O) groups excluding carboxylic acids is 1. The topological polar surface area (TPSA) is 65.4 Å². The number of nitrogens with one attached hydrogen (secondary N) is 1. The quantitative estimate of drug-likeness (QED) is 0.450. The first-order chi connectivity index (χ1) is 11.1. The van der Waals surface area contributed by atoms with E-state index in [1.165, 1.54) is 18.2 Å². The molecule has 1 rings (SSSR count). The molecule has 23 heavy (non-hydrogen) atoms. The van der Waals surface area contributed by atoms with Gasteiger partial charge in [0.05, 0.1) is 12.8 Å². The van der Waals surface area contributed by atoms with Crippen molar-refractivity contribution >= 4 is 23.2 Å². The summed E-state index contributed by atoms with van der Waals surface area (Å²) in [6.45, 7) is 7.85. The van der Waals surface area contributed by atoms with Gasteiger partial charge in [-0.25, -0.2) is 0 Å². The predicted molar refractivity (Wildman–Crippen MR) is 92.3 cm³/mol. The van der Waals surface area contributed by atoms with E-state index in [0.29, 0.717) is 29.5 Å². The van der Waals surface area contributed by atoms with Crippen molar-refractivity contribution < 1.29 is 9.53 Å². The zero-order valence-corrected chi connectivity index (χ0v) is 13.6. The molecule has 1 N–H and O–H groups in total. The molecule has 0 aliphatic heterocycles. The van der Waals surface area contributed by atoms with Crippen LogP contribution in [0.5, 0.6) is 5.75 Å². The number of carbonyl (C=O) groups is 1. The standard InChI is InChI=1S/C17H18ClN3O2/c1-4-8-21(9-5-2)17(22)13(11-19)12-20-15-10-14(18)6-7-16(15)23-3/h4-7,10,12,20H,1-2,8-9H2,3H3/b13-12-. The van der Waals surface area contributed by atoms with E-state index in [2.05, 4.69) is 18.5 Å². The van der Waals surface area contributed by atoms with Crippen LogP contribution < -0.4 is 10.1 Å². The number of amides is 1. The van der Waals surface area contributed by atoms with Gasteiger partial charge in [0.1, 0.15) is 17.4 Å². The molecule has 0 spiro atoms. The van der Waals surface area contributed by atoms with Gasteiger partial charge >= 0.3 is 0 Å². The van der Waals surface area contributed by atoms with Crippen LogP contribution in [0.4, 0.5) is 5.69 Å². The highest BCUT2D eigenvalue weighted by Crippen LogP contribution is 2.27. The summed E-state index contributed by atoms with van der Waals surface area (Å²) in [5.74, 6) is 0.130. The molecule has 1 aromatic carbocycles. The molecule has 0 saturated heterocycles. The minimum absolute atomic E-state index is 0.0456. The summed E-state index contributed by atoms with van der Waals surface area (Å²) >= 11 is 5.94.